The Balaban J connectivity index is 4.24. The molecule has 0 aromatic heterocycles. The van der Waals surface area contributed by atoms with E-state index in [2.05, 4.69) is 130 Å². The molecule has 1 atom stereocenters. The van der Waals surface area contributed by atoms with Gasteiger partial charge in [-0.3, -0.25) is 14.4 Å². The van der Waals surface area contributed by atoms with E-state index in [1.165, 1.54) is 161 Å². The molecule has 0 aliphatic carbocycles. The summed E-state index contributed by atoms with van der Waals surface area (Å²) in [6.45, 7) is 6.43. The fraction of sp³-hybridized carbons (Fsp3) is 0.720. The summed E-state index contributed by atoms with van der Waals surface area (Å²) in [7, 11) is 0. The van der Waals surface area contributed by atoms with Crippen molar-refractivity contribution in [1.82, 2.24) is 0 Å². The van der Waals surface area contributed by atoms with Crippen LogP contribution in [-0.4, -0.2) is 37.2 Å². The van der Waals surface area contributed by atoms with E-state index in [0.717, 1.165) is 128 Å². The number of allylic oxidation sites excluding steroid dienone is 18. The Morgan fingerprint density at radius 2 is 0.481 bits per heavy atom. The highest BCUT2D eigenvalue weighted by molar-refractivity contribution is 5.71. The van der Waals surface area contributed by atoms with E-state index in [1.807, 2.05) is 0 Å². The first-order chi connectivity index (χ1) is 40.0. The Morgan fingerprint density at radius 1 is 0.259 bits per heavy atom. The molecule has 0 amide bonds. The third-order valence-corrected chi connectivity index (χ3v) is 14.8. The van der Waals surface area contributed by atoms with E-state index in [0.29, 0.717) is 19.3 Å². The molecule has 0 aromatic rings. The molecule has 0 aliphatic heterocycles. The lowest BCUT2D eigenvalue weighted by molar-refractivity contribution is -0.167. The Labute approximate surface area is 501 Å². The Morgan fingerprint density at radius 3 is 0.753 bits per heavy atom. The van der Waals surface area contributed by atoms with Crippen molar-refractivity contribution in [2.75, 3.05) is 13.2 Å². The van der Waals surface area contributed by atoms with Crippen LogP contribution in [0.25, 0.3) is 0 Å². The molecule has 0 saturated carbocycles. The van der Waals surface area contributed by atoms with Gasteiger partial charge in [-0.1, -0.05) is 316 Å². The SMILES string of the molecule is CC/C=C\C/C=C\C/C=C\C/C=C\C/C=C\CCCCCCCCCCCCCCCCCC(=O)OCC(COC(=O)CCCCCCCCCCCCCCC)OC(=O)CCCCCCCC/C=C\C/C=C\C/C=C\C/C=C\CC. The number of carbonyl (C=O) groups excluding carboxylic acids is 3. The molecule has 0 heterocycles. The van der Waals surface area contributed by atoms with Crippen molar-refractivity contribution in [2.24, 2.45) is 0 Å². The molecule has 0 saturated heterocycles. The zero-order valence-corrected chi connectivity index (χ0v) is 53.3. The van der Waals surface area contributed by atoms with Crippen molar-refractivity contribution >= 4 is 17.9 Å². The zero-order chi connectivity index (χ0) is 58.5. The summed E-state index contributed by atoms with van der Waals surface area (Å²) in [5, 5.41) is 0. The second kappa shape index (κ2) is 68.6. The molecule has 0 aliphatic rings. The van der Waals surface area contributed by atoms with Gasteiger partial charge in [0.15, 0.2) is 6.10 Å². The maximum Gasteiger partial charge on any atom is 0.306 e. The van der Waals surface area contributed by atoms with Crippen molar-refractivity contribution in [3.8, 4) is 0 Å². The molecular weight excluding hydrogens is 997 g/mol. The summed E-state index contributed by atoms with van der Waals surface area (Å²) in [5.74, 6) is -0.881. The first-order valence-corrected chi connectivity index (χ1v) is 34.4. The lowest BCUT2D eigenvalue weighted by Crippen LogP contribution is -2.30. The van der Waals surface area contributed by atoms with Gasteiger partial charge in [-0.2, -0.15) is 0 Å². The van der Waals surface area contributed by atoms with Crippen molar-refractivity contribution < 1.29 is 28.6 Å². The van der Waals surface area contributed by atoms with Crippen molar-refractivity contribution in [3.63, 3.8) is 0 Å². The van der Waals surface area contributed by atoms with Crippen LogP contribution in [0.3, 0.4) is 0 Å². The number of hydrogen-bond acceptors (Lipinski definition) is 6. The fourth-order valence-electron chi connectivity index (χ4n) is 9.70. The molecule has 1 unspecified atom stereocenters. The number of hydrogen-bond donors (Lipinski definition) is 0. The second-order valence-electron chi connectivity index (χ2n) is 22.7. The molecule has 0 radical (unpaired) electrons. The van der Waals surface area contributed by atoms with Crippen LogP contribution in [0, 0.1) is 0 Å². The summed E-state index contributed by atoms with van der Waals surface area (Å²) < 4.78 is 17.0. The van der Waals surface area contributed by atoms with E-state index < -0.39 is 6.10 Å². The third kappa shape index (κ3) is 66.8. The van der Waals surface area contributed by atoms with Crippen molar-refractivity contribution in [2.45, 2.75) is 335 Å². The molecular formula is C75H128O6. The average Bonchev–Trinajstić information content (AvgIpc) is 3.46. The summed E-state index contributed by atoms with van der Waals surface area (Å²) in [4.78, 5) is 38.4. The Hall–Kier alpha value is -3.93. The zero-order valence-electron chi connectivity index (χ0n) is 53.3. The van der Waals surface area contributed by atoms with Crippen LogP contribution in [0.5, 0.6) is 0 Å². The number of esters is 3. The van der Waals surface area contributed by atoms with Gasteiger partial charge in [0, 0.05) is 19.3 Å². The van der Waals surface area contributed by atoms with Gasteiger partial charge in [0.2, 0.25) is 0 Å². The molecule has 0 N–H and O–H groups in total. The smallest absolute Gasteiger partial charge is 0.306 e. The van der Waals surface area contributed by atoms with Crippen LogP contribution in [0.4, 0.5) is 0 Å². The van der Waals surface area contributed by atoms with Crippen LogP contribution in [0.1, 0.15) is 329 Å². The van der Waals surface area contributed by atoms with Crippen LogP contribution in [0.15, 0.2) is 109 Å². The van der Waals surface area contributed by atoms with E-state index in [4.69, 9.17) is 14.2 Å². The standard InChI is InChI=1S/C75H128O6/c1-4-7-10-13-16-19-22-25-27-29-31-32-33-34-35-36-37-38-39-40-41-42-44-45-47-50-53-56-59-62-65-68-74(77)80-71-72(70-79-73(76)67-64-61-58-55-52-49-24-21-18-15-12-9-6-3)81-75(78)69-66-63-60-57-54-51-48-46-43-30-28-26-23-20-17-14-11-8-5-2/h7-8,10-11,16-17,19-20,25-28,31-32,34-35,43,46,72H,4-6,9,12-15,18,21-24,29-30,33,36-42,44-45,47-71H2,1-3H3/b10-7-,11-8-,19-16-,20-17-,27-25-,28-26-,32-31-,35-34-,46-43-. The number of rotatable bonds is 62. The molecule has 81 heavy (non-hydrogen) atoms. The predicted octanol–water partition coefficient (Wildman–Crippen LogP) is 23.8. The summed E-state index contributed by atoms with van der Waals surface area (Å²) in [6.07, 6.45) is 93.9. The normalized spacial score (nSPS) is 12.8. The van der Waals surface area contributed by atoms with Crippen molar-refractivity contribution in [1.29, 1.82) is 0 Å². The third-order valence-electron chi connectivity index (χ3n) is 14.8. The molecule has 464 valence electrons. The summed E-state index contributed by atoms with van der Waals surface area (Å²) in [5.41, 5.74) is 0. The topological polar surface area (TPSA) is 78.9 Å². The van der Waals surface area contributed by atoms with E-state index in [9.17, 15) is 14.4 Å². The second-order valence-corrected chi connectivity index (χ2v) is 22.7. The minimum atomic E-state index is -0.786. The van der Waals surface area contributed by atoms with Gasteiger partial charge in [-0.25, -0.2) is 0 Å². The predicted molar refractivity (Wildman–Crippen MR) is 353 cm³/mol. The highest BCUT2D eigenvalue weighted by Gasteiger charge is 2.19. The van der Waals surface area contributed by atoms with Gasteiger partial charge in [0.25, 0.3) is 0 Å². The van der Waals surface area contributed by atoms with E-state index in [-0.39, 0.29) is 31.1 Å². The molecule has 0 rings (SSSR count). The molecule has 0 aromatic carbocycles. The Bertz CT molecular complexity index is 1620. The lowest BCUT2D eigenvalue weighted by atomic mass is 10.0. The average molecular weight is 1130 g/mol. The van der Waals surface area contributed by atoms with Crippen LogP contribution in [-0.2, 0) is 28.6 Å². The number of unbranched alkanes of at least 4 members (excludes halogenated alkanes) is 33. The van der Waals surface area contributed by atoms with Crippen LogP contribution < -0.4 is 0 Å². The van der Waals surface area contributed by atoms with Gasteiger partial charge in [0.05, 0.1) is 0 Å². The molecule has 0 spiro atoms. The van der Waals surface area contributed by atoms with E-state index >= 15 is 0 Å². The van der Waals surface area contributed by atoms with Gasteiger partial charge in [-0.15, -0.1) is 0 Å². The molecule has 6 heteroatoms. The molecule has 6 nitrogen and oxygen atoms in total. The maximum atomic E-state index is 12.9. The van der Waals surface area contributed by atoms with E-state index in [1.54, 1.807) is 0 Å². The number of ether oxygens (including phenoxy) is 3. The quantitative estimate of drug-likeness (QED) is 0.0261. The lowest BCUT2D eigenvalue weighted by Gasteiger charge is -2.18. The first-order valence-electron chi connectivity index (χ1n) is 34.4. The molecule has 0 fully saturated rings. The van der Waals surface area contributed by atoms with Gasteiger partial charge < -0.3 is 14.2 Å². The Kier molecular flexibility index (Phi) is 65.2. The van der Waals surface area contributed by atoms with Crippen LogP contribution in [0.2, 0.25) is 0 Å². The van der Waals surface area contributed by atoms with Gasteiger partial charge >= 0.3 is 17.9 Å². The van der Waals surface area contributed by atoms with Crippen LogP contribution >= 0.6 is 0 Å². The minimum Gasteiger partial charge on any atom is -0.462 e. The van der Waals surface area contributed by atoms with Gasteiger partial charge in [0.1, 0.15) is 13.2 Å². The highest BCUT2D eigenvalue weighted by atomic mass is 16.6. The molecule has 0 bridgehead atoms. The highest BCUT2D eigenvalue weighted by Crippen LogP contribution is 2.17. The number of carbonyl (C=O) groups is 3. The van der Waals surface area contributed by atoms with Crippen molar-refractivity contribution in [3.05, 3.63) is 109 Å². The summed E-state index contributed by atoms with van der Waals surface area (Å²) in [6, 6.07) is 0. The summed E-state index contributed by atoms with van der Waals surface area (Å²) >= 11 is 0. The maximum absolute atomic E-state index is 12.9. The fourth-order valence-corrected chi connectivity index (χ4v) is 9.70. The first kappa shape index (κ1) is 77.1. The monoisotopic (exact) mass is 1120 g/mol. The van der Waals surface area contributed by atoms with Gasteiger partial charge in [-0.05, 0) is 103 Å². The minimum absolute atomic E-state index is 0.0803. The largest absolute Gasteiger partial charge is 0.462 e.